The van der Waals surface area contributed by atoms with Gasteiger partial charge in [-0.25, -0.2) is 4.79 Å². The lowest BCUT2D eigenvalue weighted by atomic mass is 9.78. The van der Waals surface area contributed by atoms with E-state index in [0.717, 1.165) is 6.54 Å². The lowest BCUT2D eigenvalue weighted by Crippen LogP contribution is -2.54. The summed E-state index contributed by atoms with van der Waals surface area (Å²) in [6, 6.07) is 6.34. The van der Waals surface area contributed by atoms with Crippen molar-refractivity contribution in [2.45, 2.75) is 38.3 Å². The Balaban J connectivity index is 1.55. The minimum atomic E-state index is -0.959. The highest BCUT2D eigenvalue weighted by atomic mass is 16.5. The predicted octanol–water partition coefficient (Wildman–Crippen LogP) is 1.89. The van der Waals surface area contributed by atoms with Crippen molar-refractivity contribution in [3.05, 3.63) is 30.1 Å². The van der Waals surface area contributed by atoms with Crippen LogP contribution in [0.2, 0.25) is 0 Å². The average Bonchev–Trinajstić information content (AvgIpc) is 2.85. The number of hydrogen-bond acceptors (Lipinski definition) is 7. The maximum absolute atomic E-state index is 13.4. The molecule has 2 fully saturated rings. The van der Waals surface area contributed by atoms with Gasteiger partial charge in [-0.2, -0.15) is 5.26 Å². The fourth-order valence-corrected chi connectivity index (χ4v) is 4.63. The normalized spacial score (nSPS) is 19.2. The van der Waals surface area contributed by atoms with Gasteiger partial charge >= 0.3 is 6.09 Å². The Bertz CT molecular complexity index is 796. The quantitative estimate of drug-likeness (QED) is 0.635. The standard InChI is InChI=1S/C23H33N5O4/c1-31-16-15-28(22(30)32-2)20-5-11-27(12-6-20)21(29)23(18-24)7-13-26(14-8-23)17-19-3-9-25-10-4-19/h3-4,9-10,20H,5-8,11-17H2,1-2H3. The minimum absolute atomic E-state index is 0.00175. The van der Waals surface area contributed by atoms with Crippen molar-refractivity contribution in [1.82, 2.24) is 19.7 Å². The molecule has 0 saturated carbocycles. The zero-order chi connectivity index (χ0) is 23.0. The van der Waals surface area contributed by atoms with E-state index in [1.54, 1.807) is 24.4 Å². The summed E-state index contributed by atoms with van der Waals surface area (Å²) in [4.78, 5) is 35.3. The van der Waals surface area contributed by atoms with Gasteiger partial charge in [0.25, 0.3) is 0 Å². The number of carbonyl (C=O) groups excluding carboxylic acids is 2. The molecular weight excluding hydrogens is 410 g/mol. The molecule has 9 heteroatoms. The van der Waals surface area contributed by atoms with Crippen molar-refractivity contribution in [3.8, 4) is 6.07 Å². The summed E-state index contributed by atoms with van der Waals surface area (Å²) >= 11 is 0. The van der Waals surface area contributed by atoms with Crippen LogP contribution in [0.5, 0.6) is 0 Å². The molecule has 32 heavy (non-hydrogen) atoms. The number of likely N-dealkylation sites (tertiary alicyclic amines) is 2. The first kappa shape index (κ1) is 24.0. The van der Waals surface area contributed by atoms with Crippen molar-refractivity contribution < 1.29 is 19.1 Å². The fourth-order valence-electron chi connectivity index (χ4n) is 4.63. The Morgan fingerprint density at radius 3 is 2.41 bits per heavy atom. The highest BCUT2D eigenvalue weighted by Crippen LogP contribution is 2.34. The number of nitrogens with zero attached hydrogens (tertiary/aromatic N) is 5. The number of hydrogen-bond donors (Lipinski definition) is 0. The average molecular weight is 444 g/mol. The van der Waals surface area contributed by atoms with E-state index in [9.17, 15) is 14.9 Å². The number of ether oxygens (including phenoxy) is 2. The van der Waals surface area contributed by atoms with Crippen molar-refractivity contribution >= 4 is 12.0 Å². The van der Waals surface area contributed by atoms with Crippen molar-refractivity contribution in [1.29, 1.82) is 5.26 Å². The number of carbonyl (C=O) groups is 2. The van der Waals surface area contributed by atoms with Crippen molar-refractivity contribution in [2.24, 2.45) is 5.41 Å². The van der Waals surface area contributed by atoms with Crippen LogP contribution in [0.3, 0.4) is 0 Å². The van der Waals surface area contributed by atoms with E-state index in [1.807, 2.05) is 17.0 Å². The molecule has 174 valence electrons. The Morgan fingerprint density at radius 1 is 1.19 bits per heavy atom. The third kappa shape index (κ3) is 5.56. The molecule has 0 aromatic carbocycles. The Kier molecular flexibility index (Phi) is 8.42. The lowest BCUT2D eigenvalue weighted by Gasteiger charge is -2.42. The van der Waals surface area contributed by atoms with Crippen LogP contribution >= 0.6 is 0 Å². The summed E-state index contributed by atoms with van der Waals surface area (Å²) in [6.07, 6.45) is 5.60. The van der Waals surface area contributed by atoms with Crippen LogP contribution in [0.4, 0.5) is 4.79 Å². The molecule has 3 rings (SSSR count). The number of piperidine rings is 2. The van der Waals surface area contributed by atoms with E-state index >= 15 is 0 Å². The van der Waals surface area contributed by atoms with Gasteiger partial charge in [0.05, 0.1) is 19.8 Å². The van der Waals surface area contributed by atoms with Gasteiger partial charge in [0, 0.05) is 64.8 Å². The second-order valence-electron chi connectivity index (χ2n) is 8.51. The summed E-state index contributed by atoms with van der Waals surface area (Å²) in [6.45, 7) is 4.19. The van der Waals surface area contributed by atoms with Crippen LogP contribution in [0.15, 0.2) is 24.5 Å². The lowest BCUT2D eigenvalue weighted by molar-refractivity contribution is -0.143. The molecule has 0 radical (unpaired) electrons. The first-order chi connectivity index (χ1) is 15.5. The van der Waals surface area contributed by atoms with E-state index in [-0.39, 0.29) is 18.0 Å². The number of methoxy groups -OCH3 is 2. The smallest absolute Gasteiger partial charge is 0.409 e. The third-order valence-electron chi connectivity index (χ3n) is 6.63. The molecule has 3 heterocycles. The third-order valence-corrected chi connectivity index (χ3v) is 6.63. The SMILES string of the molecule is COCCN(C(=O)OC)C1CCN(C(=O)C2(C#N)CCN(Cc3ccncc3)CC2)CC1. The molecule has 1 aromatic heterocycles. The number of pyridine rings is 1. The van der Waals surface area contributed by atoms with Crippen molar-refractivity contribution in [2.75, 3.05) is 53.6 Å². The van der Waals surface area contributed by atoms with Gasteiger partial charge < -0.3 is 19.3 Å². The van der Waals surface area contributed by atoms with Gasteiger partial charge in [0.15, 0.2) is 0 Å². The number of aromatic nitrogens is 1. The van der Waals surface area contributed by atoms with Gasteiger partial charge in [-0.1, -0.05) is 0 Å². The highest BCUT2D eigenvalue weighted by Gasteiger charge is 2.45. The molecule has 2 amide bonds. The first-order valence-corrected chi connectivity index (χ1v) is 11.2. The van der Waals surface area contributed by atoms with E-state index in [2.05, 4.69) is 16.0 Å². The summed E-state index contributed by atoms with van der Waals surface area (Å²) in [5, 5.41) is 9.95. The van der Waals surface area contributed by atoms with Crippen molar-refractivity contribution in [3.63, 3.8) is 0 Å². The number of nitriles is 1. The molecule has 0 unspecified atom stereocenters. The van der Waals surface area contributed by atoms with Gasteiger partial charge in [-0.05, 0) is 43.4 Å². The maximum atomic E-state index is 13.4. The van der Waals surface area contributed by atoms with Gasteiger partial charge in [-0.15, -0.1) is 0 Å². The summed E-state index contributed by atoms with van der Waals surface area (Å²) in [7, 11) is 2.97. The van der Waals surface area contributed by atoms with Crippen LogP contribution in [-0.4, -0.2) is 91.3 Å². The minimum Gasteiger partial charge on any atom is -0.453 e. The topological polar surface area (TPSA) is 99.0 Å². The molecule has 0 aliphatic carbocycles. The number of amides is 2. The molecule has 0 atom stereocenters. The number of rotatable bonds is 7. The van der Waals surface area contributed by atoms with E-state index in [0.29, 0.717) is 65.0 Å². The van der Waals surface area contributed by atoms with E-state index in [1.165, 1.54) is 12.7 Å². The van der Waals surface area contributed by atoms with Gasteiger partial charge in [0.1, 0.15) is 5.41 Å². The molecule has 2 aliphatic rings. The largest absolute Gasteiger partial charge is 0.453 e. The molecule has 2 saturated heterocycles. The second kappa shape index (κ2) is 11.2. The maximum Gasteiger partial charge on any atom is 0.409 e. The van der Waals surface area contributed by atoms with Crippen LogP contribution in [0.1, 0.15) is 31.2 Å². The zero-order valence-corrected chi connectivity index (χ0v) is 19.0. The Morgan fingerprint density at radius 2 is 1.84 bits per heavy atom. The van der Waals surface area contributed by atoms with Crippen LogP contribution in [-0.2, 0) is 20.8 Å². The monoisotopic (exact) mass is 443 g/mol. The summed E-state index contributed by atoms with van der Waals surface area (Å²) < 4.78 is 10.0. The molecular formula is C23H33N5O4. The first-order valence-electron chi connectivity index (χ1n) is 11.2. The Labute approximate surface area is 189 Å². The van der Waals surface area contributed by atoms with E-state index < -0.39 is 5.41 Å². The van der Waals surface area contributed by atoms with Gasteiger partial charge in [0.2, 0.25) is 5.91 Å². The van der Waals surface area contributed by atoms with Crippen LogP contribution < -0.4 is 0 Å². The molecule has 9 nitrogen and oxygen atoms in total. The van der Waals surface area contributed by atoms with Gasteiger partial charge in [-0.3, -0.25) is 14.7 Å². The Hall–Kier alpha value is -2.70. The zero-order valence-electron chi connectivity index (χ0n) is 19.0. The van der Waals surface area contributed by atoms with Crippen LogP contribution in [0.25, 0.3) is 0 Å². The summed E-state index contributed by atoms with van der Waals surface area (Å²) in [5.41, 5.74) is 0.223. The highest BCUT2D eigenvalue weighted by molar-refractivity contribution is 5.85. The van der Waals surface area contributed by atoms with E-state index in [4.69, 9.17) is 9.47 Å². The molecule has 2 aliphatic heterocycles. The molecule has 1 aromatic rings. The fraction of sp³-hybridized carbons (Fsp3) is 0.652. The second-order valence-corrected chi connectivity index (χ2v) is 8.51. The van der Waals surface area contributed by atoms with Crippen LogP contribution in [0, 0.1) is 16.7 Å². The molecule has 0 bridgehead atoms. The molecule has 0 spiro atoms. The summed E-state index contributed by atoms with van der Waals surface area (Å²) in [5.74, 6) is -0.0662. The predicted molar refractivity (Wildman–Crippen MR) is 117 cm³/mol. The molecule has 0 N–H and O–H groups in total.